The Labute approximate surface area is 155 Å². The minimum Gasteiger partial charge on any atom is -1.00 e. The van der Waals surface area contributed by atoms with E-state index < -0.39 is 5.97 Å². The highest BCUT2D eigenvalue weighted by Crippen LogP contribution is 2.28. The number of aromatic nitrogens is 2. The van der Waals surface area contributed by atoms with Gasteiger partial charge in [0, 0.05) is 17.4 Å². The van der Waals surface area contributed by atoms with Crippen LogP contribution in [0.1, 0.15) is 12.8 Å². The van der Waals surface area contributed by atoms with E-state index in [1.54, 1.807) is 28.9 Å². The van der Waals surface area contributed by atoms with E-state index in [0.29, 0.717) is 18.8 Å². The van der Waals surface area contributed by atoms with Crippen molar-refractivity contribution < 1.29 is 36.7 Å². The monoisotopic (exact) mass is 403 g/mol. The molecule has 4 N–H and O–H groups in total. The van der Waals surface area contributed by atoms with E-state index in [1.165, 1.54) is 0 Å². The molecule has 0 aliphatic heterocycles. The highest BCUT2D eigenvalue weighted by Gasteiger charge is 2.17. The summed E-state index contributed by atoms with van der Waals surface area (Å²) in [7, 11) is 0. The number of carbonyl (C=O) groups is 1. The summed E-state index contributed by atoms with van der Waals surface area (Å²) in [5.74, 6) is -0.139. The van der Waals surface area contributed by atoms with Gasteiger partial charge in [0.15, 0.2) is 0 Å². The second-order valence-electron chi connectivity index (χ2n) is 5.55. The molecule has 0 unspecified atom stereocenters. The zero-order chi connectivity index (χ0) is 17.1. The Morgan fingerprint density at radius 1 is 1.08 bits per heavy atom. The van der Waals surface area contributed by atoms with Gasteiger partial charge < -0.3 is 27.2 Å². The molecule has 0 spiro atoms. The lowest BCUT2D eigenvalue weighted by Crippen LogP contribution is -3.00. The number of fused-ring (bicyclic) bond motifs is 1. The largest absolute Gasteiger partial charge is 1.00 e. The standard InChI is InChI=1S/C18H17N3O3.BrH/c19-18-15-5-2-1-4-14(15)17(12-7-9-13(22)10-8-12)20-21(18)11-3-6-16(23)24;/h1-2,4-5,7-10,19H,3,6,11H2,(H2,20,22,23,24);1H. The minimum atomic E-state index is -0.839. The molecule has 3 rings (SSSR count). The number of nitrogen functional groups attached to an aromatic ring is 1. The zero-order valence-corrected chi connectivity index (χ0v) is 15.0. The molecule has 6 nitrogen and oxygen atoms in total. The summed E-state index contributed by atoms with van der Waals surface area (Å²) in [5.41, 5.74) is 7.82. The predicted molar refractivity (Wildman–Crippen MR) is 90.3 cm³/mol. The van der Waals surface area contributed by atoms with Crippen LogP contribution < -0.4 is 27.4 Å². The van der Waals surface area contributed by atoms with Crippen molar-refractivity contribution in [2.24, 2.45) is 0 Å². The van der Waals surface area contributed by atoms with Gasteiger partial charge in [0.2, 0.25) is 0 Å². The maximum absolute atomic E-state index is 10.7. The van der Waals surface area contributed by atoms with Crippen LogP contribution in [0.5, 0.6) is 5.75 Å². The number of hydrogen-bond donors (Lipinski definition) is 3. The number of aryl methyl sites for hydroxylation is 1. The lowest BCUT2D eigenvalue weighted by Gasteiger charge is -2.09. The zero-order valence-electron chi connectivity index (χ0n) is 13.4. The lowest BCUT2D eigenvalue weighted by atomic mass is 10.0. The molecular weight excluding hydrogens is 386 g/mol. The van der Waals surface area contributed by atoms with Crippen LogP contribution in [0.25, 0.3) is 22.0 Å². The molecule has 130 valence electrons. The first-order chi connectivity index (χ1) is 11.6. The molecule has 25 heavy (non-hydrogen) atoms. The Kier molecular flexibility index (Phi) is 5.93. The minimum absolute atomic E-state index is 0. The number of anilines is 1. The Morgan fingerprint density at radius 2 is 1.72 bits per heavy atom. The third kappa shape index (κ3) is 4.06. The third-order valence-electron chi connectivity index (χ3n) is 3.86. The number of benzene rings is 2. The van der Waals surface area contributed by atoms with E-state index in [1.807, 2.05) is 24.3 Å². The maximum Gasteiger partial charge on any atom is 0.303 e. The first-order valence-corrected chi connectivity index (χ1v) is 7.66. The summed E-state index contributed by atoms with van der Waals surface area (Å²) in [6.45, 7) is 0.425. The first kappa shape index (κ1) is 18.7. The van der Waals surface area contributed by atoms with Gasteiger partial charge in [-0.25, -0.2) is 0 Å². The van der Waals surface area contributed by atoms with Crippen LogP contribution >= 0.6 is 0 Å². The van der Waals surface area contributed by atoms with Crippen molar-refractivity contribution in [1.82, 2.24) is 5.10 Å². The van der Waals surface area contributed by atoms with Crippen LogP contribution in [0.15, 0.2) is 48.5 Å². The third-order valence-corrected chi connectivity index (χ3v) is 3.86. The molecule has 0 aliphatic carbocycles. The fourth-order valence-corrected chi connectivity index (χ4v) is 2.66. The number of carboxylic acids is 1. The highest BCUT2D eigenvalue weighted by atomic mass is 79.9. The van der Waals surface area contributed by atoms with Crippen molar-refractivity contribution in [3.05, 3.63) is 48.5 Å². The van der Waals surface area contributed by atoms with Crippen LogP contribution in [0.4, 0.5) is 5.82 Å². The van der Waals surface area contributed by atoms with Gasteiger partial charge in [-0.3, -0.25) is 10.5 Å². The van der Waals surface area contributed by atoms with E-state index in [-0.39, 0.29) is 29.2 Å². The number of phenols is 1. The van der Waals surface area contributed by atoms with Gasteiger partial charge >= 0.3 is 11.8 Å². The Bertz CT molecular complexity index is 898. The number of carboxylic acid groups (broad SMARTS) is 1. The Balaban J connectivity index is 0.00000225. The van der Waals surface area contributed by atoms with Gasteiger partial charge in [-0.1, -0.05) is 23.3 Å². The molecular formula is C18H18BrN3O3. The fourth-order valence-electron chi connectivity index (χ4n) is 2.66. The van der Waals surface area contributed by atoms with Crippen LogP contribution in [0.3, 0.4) is 0 Å². The summed E-state index contributed by atoms with van der Waals surface area (Å²) < 4.78 is 1.65. The van der Waals surface area contributed by atoms with Gasteiger partial charge in [0.1, 0.15) is 18.0 Å². The molecule has 0 amide bonds. The smallest absolute Gasteiger partial charge is 0.303 e. The Morgan fingerprint density at radius 3 is 2.36 bits per heavy atom. The van der Waals surface area contributed by atoms with E-state index in [2.05, 4.69) is 5.10 Å². The fraction of sp³-hybridized carbons (Fsp3) is 0.167. The summed E-state index contributed by atoms with van der Waals surface area (Å²) in [5, 5.41) is 24.7. The van der Waals surface area contributed by atoms with Crippen molar-refractivity contribution in [2.75, 3.05) is 5.73 Å². The van der Waals surface area contributed by atoms with Crippen molar-refractivity contribution in [1.29, 1.82) is 0 Å². The summed E-state index contributed by atoms with van der Waals surface area (Å²) in [4.78, 5) is 10.7. The molecule has 7 heteroatoms. The van der Waals surface area contributed by atoms with Gasteiger partial charge in [-0.15, -0.1) is 4.68 Å². The van der Waals surface area contributed by atoms with Crippen LogP contribution in [-0.2, 0) is 11.3 Å². The number of nitrogens with zero attached hydrogens (tertiary/aromatic N) is 2. The highest BCUT2D eigenvalue weighted by molar-refractivity contribution is 5.98. The van der Waals surface area contributed by atoms with Crippen molar-refractivity contribution in [2.45, 2.75) is 19.4 Å². The summed E-state index contributed by atoms with van der Waals surface area (Å²) >= 11 is 0. The topological polar surface area (TPSA) is 100 Å². The van der Waals surface area contributed by atoms with Gasteiger partial charge in [-0.05, 0) is 36.8 Å². The predicted octanol–water partition coefficient (Wildman–Crippen LogP) is -0.654. The number of hydrogen-bond acceptors (Lipinski definition) is 4. The van der Waals surface area contributed by atoms with Crippen molar-refractivity contribution in [3.63, 3.8) is 0 Å². The average molecular weight is 404 g/mol. The van der Waals surface area contributed by atoms with Gasteiger partial charge in [0.05, 0.1) is 5.39 Å². The summed E-state index contributed by atoms with van der Waals surface area (Å²) in [6, 6.07) is 14.5. The quantitative estimate of drug-likeness (QED) is 0.491. The van der Waals surface area contributed by atoms with Crippen LogP contribution in [0.2, 0.25) is 0 Å². The molecule has 0 saturated carbocycles. The number of nitrogens with two attached hydrogens (primary N) is 1. The SMILES string of the molecule is Nc1c2ccccc2c(-c2ccc(O)cc2)n[n+]1CCCC(=O)O.[Br-]. The number of aliphatic carboxylic acids is 1. The average Bonchev–Trinajstić information content (AvgIpc) is 2.58. The maximum atomic E-state index is 10.7. The molecule has 0 radical (unpaired) electrons. The first-order valence-electron chi connectivity index (χ1n) is 7.66. The second kappa shape index (κ2) is 7.94. The molecule has 3 aromatic rings. The molecule has 1 aromatic heterocycles. The second-order valence-corrected chi connectivity index (χ2v) is 5.55. The van der Waals surface area contributed by atoms with Crippen molar-refractivity contribution in [3.8, 4) is 17.0 Å². The number of halogens is 1. The van der Waals surface area contributed by atoms with Crippen LogP contribution in [-0.4, -0.2) is 21.3 Å². The summed E-state index contributed by atoms with van der Waals surface area (Å²) in [6.07, 6.45) is 0.514. The lowest BCUT2D eigenvalue weighted by molar-refractivity contribution is -0.738. The van der Waals surface area contributed by atoms with Gasteiger partial charge in [-0.2, -0.15) is 0 Å². The molecule has 0 aliphatic rings. The molecule has 0 bridgehead atoms. The van der Waals surface area contributed by atoms with E-state index >= 15 is 0 Å². The van der Waals surface area contributed by atoms with E-state index in [4.69, 9.17) is 10.8 Å². The van der Waals surface area contributed by atoms with Crippen molar-refractivity contribution >= 4 is 22.6 Å². The van der Waals surface area contributed by atoms with Gasteiger partial charge in [0.25, 0.3) is 0 Å². The molecule has 2 aromatic carbocycles. The van der Waals surface area contributed by atoms with Crippen LogP contribution in [0, 0.1) is 0 Å². The van der Waals surface area contributed by atoms with E-state index in [0.717, 1.165) is 22.0 Å². The normalized spacial score (nSPS) is 10.4. The molecule has 0 fully saturated rings. The molecule has 1 heterocycles. The number of phenolic OH excluding ortho intramolecular Hbond substituents is 1. The molecule has 0 atom stereocenters. The Hall–Kier alpha value is -2.67. The number of rotatable bonds is 5. The molecule has 0 saturated heterocycles. The number of aromatic hydroxyl groups is 1. The van der Waals surface area contributed by atoms with E-state index in [9.17, 15) is 9.90 Å².